The fourth-order valence-corrected chi connectivity index (χ4v) is 3.12. The van der Waals surface area contributed by atoms with Gasteiger partial charge in [-0.3, -0.25) is 0 Å². The number of nitrogens with zero attached hydrogens (tertiary/aromatic N) is 5. The summed E-state index contributed by atoms with van der Waals surface area (Å²) in [4.78, 5) is 9.02. The van der Waals surface area contributed by atoms with Crippen molar-refractivity contribution in [1.29, 1.82) is 0 Å². The van der Waals surface area contributed by atoms with Gasteiger partial charge in [-0.1, -0.05) is 30.7 Å². The third-order valence-corrected chi connectivity index (χ3v) is 4.95. The Morgan fingerprint density at radius 1 is 1.10 bits per heavy atom. The molecule has 3 rings (SSSR count). The number of phenolic OH excluding ortho intramolecular Hbond substituents is 2. The Morgan fingerprint density at radius 3 is 2.33 bits per heavy atom. The van der Waals surface area contributed by atoms with Crippen LogP contribution >= 0.6 is 11.6 Å². The van der Waals surface area contributed by atoms with Gasteiger partial charge in [0.2, 0.25) is 5.95 Å². The third-order valence-electron chi connectivity index (χ3n) is 4.73. The summed E-state index contributed by atoms with van der Waals surface area (Å²) >= 11 is 5.85. The van der Waals surface area contributed by atoms with Gasteiger partial charge in [0, 0.05) is 11.6 Å². The summed E-state index contributed by atoms with van der Waals surface area (Å²) in [6, 6.07) is 2.49. The number of rotatable bonds is 8. The lowest BCUT2D eigenvalue weighted by Gasteiger charge is -2.20. The standard InChI is InChI=1S/C19H26ClN7O3/c1-9(2)13(8-28)22-19-23-17(16-18(24-19)27(10(3)4)26-25-16)21-7-12-14(29)5-11(20)6-15(12)30/h5-6,9-10,13,28-30H,7-8H2,1-4H3,(H2,21,22,23,24). The van der Waals surface area contributed by atoms with E-state index in [9.17, 15) is 15.3 Å². The molecule has 5 N–H and O–H groups in total. The van der Waals surface area contributed by atoms with Crippen LogP contribution in [0.25, 0.3) is 11.2 Å². The van der Waals surface area contributed by atoms with Crippen LogP contribution < -0.4 is 10.6 Å². The molecular weight excluding hydrogens is 410 g/mol. The van der Waals surface area contributed by atoms with Gasteiger partial charge < -0.3 is 26.0 Å². The number of aromatic hydroxyl groups is 2. The average Bonchev–Trinajstić information content (AvgIpc) is 3.09. The fourth-order valence-electron chi connectivity index (χ4n) is 2.92. The molecule has 0 saturated heterocycles. The van der Waals surface area contributed by atoms with E-state index >= 15 is 0 Å². The van der Waals surface area contributed by atoms with Crippen molar-refractivity contribution in [1.82, 2.24) is 25.0 Å². The minimum Gasteiger partial charge on any atom is -0.507 e. The maximum absolute atomic E-state index is 10.1. The summed E-state index contributed by atoms with van der Waals surface area (Å²) in [6.45, 7) is 7.89. The van der Waals surface area contributed by atoms with E-state index in [0.717, 1.165) is 0 Å². The number of benzene rings is 1. The number of nitrogens with one attached hydrogen (secondary N) is 2. The monoisotopic (exact) mass is 435 g/mol. The smallest absolute Gasteiger partial charge is 0.227 e. The summed E-state index contributed by atoms with van der Waals surface area (Å²) < 4.78 is 1.67. The van der Waals surface area contributed by atoms with Crippen LogP contribution in [0, 0.1) is 5.92 Å². The lowest BCUT2D eigenvalue weighted by molar-refractivity contribution is 0.248. The summed E-state index contributed by atoms with van der Waals surface area (Å²) in [5.41, 5.74) is 1.25. The molecule has 3 aromatic rings. The van der Waals surface area contributed by atoms with Gasteiger partial charge in [0.15, 0.2) is 17.0 Å². The second kappa shape index (κ2) is 8.88. The number of hydrogen-bond acceptors (Lipinski definition) is 9. The van der Waals surface area contributed by atoms with Crippen LogP contribution in [0.15, 0.2) is 12.1 Å². The van der Waals surface area contributed by atoms with Crippen molar-refractivity contribution in [3.05, 3.63) is 22.7 Å². The van der Waals surface area contributed by atoms with E-state index in [1.54, 1.807) is 4.68 Å². The van der Waals surface area contributed by atoms with E-state index in [2.05, 4.69) is 30.9 Å². The van der Waals surface area contributed by atoms with Gasteiger partial charge in [0.05, 0.1) is 24.3 Å². The second-order valence-electron chi connectivity index (χ2n) is 7.65. The highest BCUT2D eigenvalue weighted by Gasteiger charge is 2.20. The van der Waals surface area contributed by atoms with E-state index < -0.39 is 0 Å². The minimum atomic E-state index is -0.233. The number of fused-ring (bicyclic) bond motifs is 1. The lowest BCUT2D eigenvalue weighted by Crippen LogP contribution is -2.30. The average molecular weight is 436 g/mol. The van der Waals surface area contributed by atoms with Crippen LogP contribution in [0.3, 0.4) is 0 Å². The number of halogens is 1. The fraction of sp³-hybridized carbons (Fsp3) is 0.474. The van der Waals surface area contributed by atoms with Crippen LogP contribution in [0.5, 0.6) is 11.5 Å². The predicted molar refractivity (Wildman–Crippen MR) is 115 cm³/mol. The highest BCUT2D eigenvalue weighted by atomic mass is 35.5. The SMILES string of the molecule is CC(C)C(CO)Nc1nc(NCc2c(O)cc(Cl)cc2O)c2nnn(C(C)C)c2n1. The summed E-state index contributed by atoms with van der Waals surface area (Å²) in [6.07, 6.45) is 0. The van der Waals surface area contributed by atoms with Gasteiger partial charge in [-0.25, -0.2) is 4.68 Å². The first-order valence-corrected chi connectivity index (χ1v) is 10.0. The quantitative estimate of drug-likeness (QED) is 0.361. The predicted octanol–water partition coefficient (Wildman–Crippen LogP) is 2.91. The zero-order valence-corrected chi connectivity index (χ0v) is 18.0. The van der Waals surface area contributed by atoms with E-state index in [4.69, 9.17) is 11.6 Å². The molecule has 2 aromatic heterocycles. The molecule has 0 radical (unpaired) electrons. The Bertz CT molecular complexity index is 1020. The van der Waals surface area contributed by atoms with Crippen LogP contribution in [0.4, 0.5) is 11.8 Å². The molecular formula is C19H26ClN7O3. The molecule has 0 spiro atoms. The number of aliphatic hydroxyl groups is 1. The number of anilines is 2. The van der Waals surface area contributed by atoms with E-state index in [-0.39, 0.29) is 53.2 Å². The van der Waals surface area contributed by atoms with Gasteiger partial charge in [0.25, 0.3) is 0 Å². The number of aromatic nitrogens is 5. The maximum atomic E-state index is 10.1. The largest absolute Gasteiger partial charge is 0.507 e. The van der Waals surface area contributed by atoms with Crippen molar-refractivity contribution >= 4 is 34.5 Å². The second-order valence-corrected chi connectivity index (χ2v) is 8.09. The molecule has 10 nitrogen and oxygen atoms in total. The first kappa shape index (κ1) is 21.8. The summed E-state index contributed by atoms with van der Waals surface area (Å²) in [5, 5.41) is 44.7. The topological polar surface area (TPSA) is 141 Å². The Balaban J connectivity index is 2.00. The van der Waals surface area contributed by atoms with Gasteiger partial charge in [0.1, 0.15) is 11.5 Å². The number of hydrogen-bond donors (Lipinski definition) is 5. The minimum absolute atomic E-state index is 0.0219. The summed E-state index contributed by atoms with van der Waals surface area (Å²) in [5.74, 6) is 0.571. The van der Waals surface area contributed by atoms with Crippen molar-refractivity contribution in [2.45, 2.75) is 46.3 Å². The van der Waals surface area contributed by atoms with Gasteiger partial charge in [-0.15, -0.1) is 5.10 Å². The molecule has 0 bridgehead atoms. The zero-order chi connectivity index (χ0) is 22.0. The van der Waals surface area contributed by atoms with Crippen LogP contribution in [-0.4, -0.2) is 52.9 Å². The van der Waals surface area contributed by atoms with Gasteiger partial charge in [-0.05, 0) is 31.9 Å². The normalized spacial score (nSPS) is 12.7. The molecule has 0 aliphatic rings. The molecule has 0 aliphatic heterocycles. The highest BCUT2D eigenvalue weighted by Crippen LogP contribution is 2.32. The molecule has 30 heavy (non-hydrogen) atoms. The first-order chi connectivity index (χ1) is 14.2. The van der Waals surface area contributed by atoms with Crippen LogP contribution in [0.2, 0.25) is 5.02 Å². The van der Waals surface area contributed by atoms with Crippen molar-refractivity contribution in [2.24, 2.45) is 5.92 Å². The Kier molecular flexibility index (Phi) is 6.47. The van der Waals surface area contributed by atoms with E-state index in [1.807, 2.05) is 27.7 Å². The number of aliphatic hydroxyl groups excluding tert-OH is 1. The first-order valence-electron chi connectivity index (χ1n) is 9.65. The van der Waals surface area contributed by atoms with Crippen molar-refractivity contribution in [3.8, 4) is 11.5 Å². The molecule has 0 aliphatic carbocycles. The molecule has 2 heterocycles. The Morgan fingerprint density at radius 2 is 1.77 bits per heavy atom. The third kappa shape index (κ3) is 4.49. The Hall–Kier alpha value is -2.85. The molecule has 0 amide bonds. The molecule has 1 unspecified atom stereocenters. The maximum Gasteiger partial charge on any atom is 0.227 e. The van der Waals surface area contributed by atoms with Crippen LogP contribution in [-0.2, 0) is 6.54 Å². The molecule has 0 fully saturated rings. The van der Waals surface area contributed by atoms with Gasteiger partial charge >= 0.3 is 0 Å². The molecule has 11 heteroatoms. The highest BCUT2D eigenvalue weighted by molar-refractivity contribution is 6.30. The Labute approximate surface area is 178 Å². The van der Waals surface area contributed by atoms with E-state index in [1.165, 1.54) is 12.1 Å². The number of phenols is 2. The van der Waals surface area contributed by atoms with Crippen LogP contribution in [0.1, 0.15) is 39.3 Å². The zero-order valence-electron chi connectivity index (χ0n) is 17.3. The molecule has 1 aromatic carbocycles. The van der Waals surface area contributed by atoms with Crippen molar-refractivity contribution in [3.63, 3.8) is 0 Å². The lowest BCUT2D eigenvalue weighted by atomic mass is 10.1. The van der Waals surface area contributed by atoms with Crippen molar-refractivity contribution in [2.75, 3.05) is 17.2 Å². The molecule has 1 atom stereocenters. The van der Waals surface area contributed by atoms with Gasteiger partial charge in [-0.2, -0.15) is 9.97 Å². The molecule has 0 saturated carbocycles. The molecule has 162 valence electrons. The van der Waals surface area contributed by atoms with E-state index in [0.29, 0.717) is 22.9 Å². The summed E-state index contributed by atoms with van der Waals surface area (Å²) in [7, 11) is 0. The van der Waals surface area contributed by atoms with Crippen molar-refractivity contribution < 1.29 is 15.3 Å².